The topological polar surface area (TPSA) is 54.0 Å². The number of nitrogens with one attached hydrogen (secondary N) is 2. The Morgan fingerprint density at radius 3 is 2.90 bits per heavy atom. The smallest absolute Gasteiger partial charge is 0.259 e. The second kappa shape index (κ2) is 6.34. The van der Waals surface area contributed by atoms with Crippen LogP contribution in [-0.2, 0) is 0 Å². The highest BCUT2D eigenvalue weighted by Crippen LogP contribution is 2.23. The maximum Gasteiger partial charge on any atom is 0.259 e. The van der Waals surface area contributed by atoms with Crippen molar-refractivity contribution in [2.24, 2.45) is 0 Å². The average Bonchev–Trinajstić information content (AvgIpc) is 2.45. The Balaban J connectivity index is 2.26. The van der Waals surface area contributed by atoms with Gasteiger partial charge >= 0.3 is 0 Å². The number of pyridine rings is 1. The first-order chi connectivity index (χ1) is 9.63. The third-order valence-electron chi connectivity index (χ3n) is 2.63. The van der Waals surface area contributed by atoms with Crippen molar-refractivity contribution < 1.29 is 9.18 Å². The average molecular weight is 294 g/mol. The second-order valence-corrected chi connectivity index (χ2v) is 4.41. The highest BCUT2D eigenvalue weighted by atomic mass is 35.5. The summed E-state index contributed by atoms with van der Waals surface area (Å²) in [7, 11) is 0. The van der Waals surface area contributed by atoms with Gasteiger partial charge in [-0.15, -0.1) is 0 Å². The fourth-order valence-corrected chi connectivity index (χ4v) is 1.88. The van der Waals surface area contributed by atoms with Gasteiger partial charge in [0.2, 0.25) is 0 Å². The quantitative estimate of drug-likeness (QED) is 0.906. The number of anilines is 2. The first-order valence-corrected chi connectivity index (χ1v) is 6.44. The van der Waals surface area contributed by atoms with Crippen LogP contribution in [0.4, 0.5) is 15.8 Å². The summed E-state index contributed by atoms with van der Waals surface area (Å²) >= 11 is 5.67. The molecule has 2 aromatic rings. The first kappa shape index (κ1) is 14.3. The number of benzene rings is 1. The van der Waals surface area contributed by atoms with Crippen LogP contribution in [0.2, 0.25) is 5.02 Å². The monoisotopic (exact) mass is 293 g/mol. The third-order valence-corrected chi connectivity index (χ3v) is 2.92. The van der Waals surface area contributed by atoms with E-state index in [1.807, 2.05) is 6.92 Å². The zero-order chi connectivity index (χ0) is 14.5. The Morgan fingerprint density at radius 1 is 1.35 bits per heavy atom. The molecule has 0 saturated carbocycles. The lowest BCUT2D eigenvalue weighted by Gasteiger charge is -2.11. The number of rotatable bonds is 4. The van der Waals surface area contributed by atoms with E-state index >= 15 is 0 Å². The molecule has 1 aromatic heterocycles. The number of hydrogen-bond acceptors (Lipinski definition) is 3. The van der Waals surface area contributed by atoms with Gasteiger partial charge in [0.05, 0.1) is 22.0 Å². The Hall–Kier alpha value is -2.14. The normalized spacial score (nSPS) is 10.2. The van der Waals surface area contributed by atoms with Crippen LogP contribution in [0.25, 0.3) is 0 Å². The van der Waals surface area contributed by atoms with Gasteiger partial charge in [0, 0.05) is 18.9 Å². The largest absolute Gasteiger partial charge is 0.385 e. The molecule has 2 N–H and O–H groups in total. The maximum absolute atomic E-state index is 13.7. The predicted octanol–water partition coefficient (Wildman–Crippen LogP) is 3.56. The van der Waals surface area contributed by atoms with Crippen LogP contribution in [0.5, 0.6) is 0 Å². The van der Waals surface area contributed by atoms with Gasteiger partial charge in [0.1, 0.15) is 0 Å². The SMILES string of the molecule is CCNc1ccncc1C(=O)Nc1cccc(Cl)c1F. The molecular weight excluding hydrogens is 281 g/mol. The lowest BCUT2D eigenvalue weighted by atomic mass is 10.2. The van der Waals surface area contributed by atoms with Crippen LogP contribution in [0, 0.1) is 5.82 Å². The molecule has 0 atom stereocenters. The summed E-state index contributed by atoms with van der Waals surface area (Å²) in [6, 6.07) is 6.12. The molecule has 104 valence electrons. The minimum atomic E-state index is -0.656. The fourth-order valence-electron chi connectivity index (χ4n) is 1.71. The summed E-state index contributed by atoms with van der Waals surface area (Å²) in [6.07, 6.45) is 3.00. The Bertz CT molecular complexity index is 634. The van der Waals surface area contributed by atoms with E-state index in [1.165, 1.54) is 18.3 Å². The standard InChI is InChI=1S/C14H13ClFN3O/c1-2-18-11-6-7-17-8-9(11)14(20)19-12-5-3-4-10(15)13(12)16/h3-8H,2H2,1H3,(H,17,18)(H,19,20). The molecule has 1 aromatic carbocycles. The fraction of sp³-hybridized carbons (Fsp3) is 0.143. The number of aromatic nitrogens is 1. The predicted molar refractivity (Wildman–Crippen MR) is 77.8 cm³/mol. The summed E-state index contributed by atoms with van der Waals surface area (Å²) in [5.41, 5.74) is 1.02. The van der Waals surface area contributed by atoms with Crippen LogP contribution >= 0.6 is 11.6 Å². The Labute approximate surface area is 121 Å². The number of carbonyl (C=O) groups excluding carboxylic acids is 1. The lowest BCUT2D eigenvalue weighted by Crippen LogP contribution is -2.16. The molecule has 0 unspecified atom stereocenters. The van der Waals surface area contributed by atoms with Gasteiger partial charge in [0.15, 0.2) is 5.82 Å². The van der Waals surface area contributed by atoms with E-state index in [-0.39, 0.29) is 10.7 Å². The van der Waals surface area contributed by atoms with Crippen LogP contribution in [0.3, 0.4) is 0 Å². The molecule has 0 aliphatic carbocycles. The third kappa shape index (κ3) is 3.05. The van der Waals surface area contributed by atoms with Crippen molar-refractivity contribution in [3.8, 4) is 0 Å². The lowest BCUT2D eigenvalue weighted by molar-refractivity contribution is 0.102. The Kier molecular flexibility index (Phi) is 4.53. The molecule has 0 bridgehead atoms. The van der Waals surface area contributed by atoms with Gasteiger partial charge in [-0.1, -0.05) is 17.7 Å². The van der Waals surface area contributed by atoms with Crippen LogP contribution in [0.1, 0.15) is 17.3 Å². The van der Waals surface area contributed by atoms with E-state index in [1.54, 1.807) is 18.3 Å². The van der Waals surface area contributed by atoms with E-state index in [2.05, 4.69) is 15.6 Å². The number of amides is 1. The molecule has 0 aliphatic heterocycles. The highest BCUT2D eigenvalue weighted by Gasteiger charge is 2.14. The number of carbonyl (C=O) groups is 1. The van der Waals surface area contributed by atoms with E-state index < -0.39 is 11.7 Å². The van der Waals surface area contributed by atoms with Crippen molar-refractivity contribution in [1.29, 1.82) is 0 Å². The maximum atomic E-state index is 13.7. The molecule has 0 radical (unpaired) electrons. The van der Waals surface area contributed by atoms with Gasteiger partial charge in [0.25, 0.3) is 5.91 Å². The molecule has 0 fully saturated rings. The van der Waals surface area contributed by atoms with Crippen molar-refractivity contribution in [1.82, 2.24) is 4.98 Å². The molecule has 0 aliphatic rings. The molecule has 0 saturated heterocycles. The van der Waals surface area contributed by atoms with Crippen LogP contribution in [0.15, 0.2) is 36.7 Å². The zero-order valence-electron chi connectivity index (χ0n) is 10.8. The number of nitrogens with zero attached hydrogens (tertiary/aromatic N) is 1. The number of hydrogen-bond donors (Lipinski definition) is 2. The molecular formula is C14H13ClFN3O. The highest BCUT2D eigenvalue weighted by molar-refractivity contribution is 6.31. The molecule has 1 amide bonds. The van der Waals surface area contributed by atoms with Gasteiger partial charge in [-0.05, 0) is 25.1 Å². The van der Waals surface area contributed by atoms with Gasteiger partial charge in [-0.25, -0.2) is 4.39 Å². The van der Waals surface area contributed by atoms with E-state index in [0.29, 0.717) is 17.8 Å². The van der Waals surface area contributed by atoms with Crippen molar-refractivity contribution in [3.63, 3.8) is 0 Å². The van der Waals surface area contributed by atoms with Crippen LogP contribution < -0.4 is 10.6 Å². The Morgan fingerprint density at radius 2 is 2.15 bits per heavy atom. The number of halogens is 2. The van der Waals surface area contributed by atoms with Gasteiger partial charge in [-0.2, -0.15) is 0 Å². The second-order valence-electron chi connectivity index (χ2n) is 4.01. The zero-order valence-corrected chi connectivity index (χ0v) is 11.5. The summed E-state index contributed by atoms with van der Waals surface area (Å²) < 4.78 is 13.7. The summed E-state index contributed by atoms with van der Waals surface area (Å²) in [4.78, 5) is 16.1. The summed E-state index contributed by atoms with van der Waals surface area (Å²) in [5, 5.41) is 5.50. The molecule has 2 rings (SSSR count). The minimum absolute atomic E-state index is 0.0359. The van der Waals surface area contributed by atoms with Gasteiger partial charge in [-0.3, -0.25) is 9.78 Å². The molecule has 20 heavy (non-hydrogen) atoms. The van der Waals surface area contributed by atoms with E-state index in [0.717, 1.165) is 0 Å². The molecule has 1 heterocycles. The van der Waals surface area contributed by atoms with E-state index in [9.17, 15) is 9.18 Å². The van der Waals surface area contributed by atoms with Crippen molar-refractivity contribution in [3.05, 3.63) is 53.1 Å². The first-order valence-electron chi connectivity index (χ1n) is 6.06. The molecule has 4 nitrogen and oxygen atoms in total. The van der Waals surface area contributed by atoms with E-state index in [4.69, 9.17) is 11.6 Å². The molecule has 6 heteroatoms. The van der Waals surface area contributed by atoms with Crippen molar-refractivity contribution in [2.45, 2.75) is 6.92 Å². The van der Waals surface area contributed by atoms with Crippen LogP contribution in [-0.4, -0.2) is 17.4 Å². The minimum Gasteiger partial charge on any atom is -0.385 e. The summed E-state index contributed by atoms with van der Waals surface area (Å²) in [6.45, 7) is 2.58. The van der Waals surface area contributed by atoms with Crippen molar-refractivity contribution in [2.75, 3.05) is 17.2 Å². The van der Waals surface area contributed by atoms with Gasteiger partial charge < -0.3 is 10.6 Å². The summed E-state index contributed by atoms with van der Waals surface area (Å²) in [5.74, 6) is -1.10. The van der Waals surface area contributed by atoms with Crippen molar-refractivity contribution >= 4 is 28.9 Å². The molecule has 0 spiro atoms.